The molecule has 8 nitrogen and oxygen atoms in total. The van der Waals surface area contributed by atoms with Crippen molar-refractivity contribution in [2.24, 2.45) is 0 Å². The highest BCUT2D eigenvalue weighted by Gasteiger charge is 2.16. The molecule has 0 fully saturated rings. The van der Waals surface area contributed by atoms with E-state index >= 15 is 0 Å². The molecule has 0 bridgehead atoms. The highest BCUT2D eigenvalue weighted by molar-refractivity contribution is 7.92. The summed E-state index contributed by atoms with van der Waals surface area (Å²) in [7, 11) is -3.73. The van der Waals surface area contributed by atoms with E-state index in [-0.39, 0.29) is 16.1 Å². The van der Waals surface area contributed by atoms with E-state index in [1.807, 2.05) is 6.92 Å². The molecule has 154 valence electrons. The normalized spacial score (nSPS) is 11.0. The first-order chi connectivity index (χ1) is 14.2. The van der Waals surface area contributed by atoms with E-state index in [2.05, 4.69) is 10.0 Å². The van der Waals surface area contributed by atoms with E-state index in [0.29, 0.717) is 16.9 Å². The van der Waals surface area contributed by atoms with Gasteiger partial charge in [-0.3, -0.25) is 19.6 Å². The van der Waals surface area contributed by atoms with Crippen molar-refractivity contribution in [1.29, 1.82) is 0 Å². The Kier molecular flexibility index (Phi) is 5.84. The van der Waals surface area contributed by atoms with Gasteiger partial charge in [0.2, 0.25) is 0 Å². The van der Waals surface area contributed by atoms with Crippen LogP contribution >= 0.6 is 0 Å². The molecule has 3 rings (SSSR count). The number of nitrogens with one attached hydrogen (secondary N) is 2. The average molecular weight is 425 g/mol. The number of amides is 1. The lowest BCUT2D eigenvalue weighted by molar-refractivity contribution is -0.385. The predicted molar refractivity (Wildman–Crippen MR) is 114 cm³/mol. The largest absolute Gasteiger partial charge is 0.322 e. The van der Waals surface area contributed by atoms with Crippen LogP contribution in [0.2, 0.25) is 0 Å². The van der Waals surface area contributed by atoms with Crippen molar-refractivity contribution >= 4 is 33.0 Å². The van der Waals surface area contributed by atoms with Crippen LogP contribution in [0.5, 0.6) is 0 Å². The van der Waals surface area contributed by atoms with Crippen molar-refractivity contribution in [2.75, 3.05) is 10.0 Å². The van der Waals surface area contributed by atoms with Crippen LogP contribution in [-0.4, -0.2) is 19.2 Å². The highest BCUT2D eigenvalue weighted by Crippen LogP contribution is 2.22. The fourth-order valence-corrected chi connectivity index (χ4v) is 3.76. The van der Waals surface area contributed by atoms with Crippen LogP contribution < -0.4 is 10.0 Å². The van der Waals surface area contributed by atoms with Gasteiger partial charge in [-0.2, -0.15) is 0 Å². The van der Waals surface area contributed by atoms with E-state index in [0.717, 1.165) is 5.56 Å². The van der Waals surface area contributed by atoms with Crippen LogP contribution in [-0.2, 0) is 10.0 Å². The maximum atomic E-state index is 12.4. The van der Waals surface area contributed by atoms with E-state index in [9.17, 15) is 23.3 Å². The molecule has 0 heterocycles. The molecule has 0 aliphatic rings. The number of hydrogen-bond donors (Lipinski definition) is 2. The number of carbonyl (C=O) groups is 1. The van der Waals surface area contributed by atoms with Crippen LogP contribution in [0.25, 0.3) is 0 Å². The van der Waals surface area contributed by atoms with Gasteiger partial charge in [-0.15, -0.1) is 0 Å². The zero-order chi connectivity index (χ0) is 21.9. The quantitative estimate of drug-likeness (QED) is 0.452. The topological polar surface area (TPSA) is 118 Å². The Morgan fingerprint density at radius 2 is 1.50 bits per heavy atom. The second-order valence-corrected chi connectivity index (χ2v) is 8.39. The fourth-order valence-electron chi connectivity index (χ4n) is 2.70. The third-order valence-electron chi connectivity index (χ3n) is 4.39. The molecule has 2 N–H and O–H groups in total. The van der Waals surface area contributed by atoms with E-state index in [4.69, 9.17) is 0 Å². The Labute approximate surface area is 173 Å². The van der Waals surface area contributed by atoms with Gasteiger partial charge in [0.25, 0.3) is 21.6 Å². The molecular formula is C21H19N3O5S. The van der Waals surface area contributed by atoms with Crippen LogP contribution in [0.4, 0.5) is 17.1 Å². The Morgan fingerprint density at radius 1 is 0.900 bits per heavy atom. The predicted octanol–water partition coefficient (Wildman–Crippen LogP) is 4.26. The molecule has 30 heavy (non-hydrogen) atoms. The Hall–Kier alpha value is -3.72. The Morgan fingerprint density at radius 3 is 2.10 bits per heavy atom. The van der Waals surface area contributed by atoms with Gasteiger partial charge in [-0.05, 0) is 56.3 Å². The number of nitro benzene ring substituents is 1. The molecule has 0 aliphatic heterocycles. The zero-order valence-electron chi connectivity index (χ0n) is 16.2. The zero-order valence-corrected chi connectivity index (χ0v) is 17.1. The summed E-state index contributed by atoms with van der Waals surface area (Å²) in [6, 6.07) is 16.8. The number of benzene rings is 3. The maximum Gasteiger partial charge on any atom is 0.273 e. The van der Waals surface area contributed by atoms with Gasteiger partial charge in [0.1, 0.15) is 0 Å². The fraction of sp³-hybridized carbons (Fsp3) is 0.0952. The molecular weight excluding hydrogens is 406 g/mol. The summed E-state index contributed by atoms with van der Waals surface area (Å²) in [4.78, 5) is 23.0. The van der Waals surface area contributed by atoms with Gasteiger partial charge in [-0.1, -0.05) is 23.8 Å². The maximum absolute atomic E-state index is 12.4. The molecule has 3 aromatic carbocycles. The Bertz CT molecular complexity index is 1200. The van der Waals surface area contributed by atoms with Crippen LogP contribution in [0.1, 0.15) is 21.5 Å². The number of nitro groups is 1. The van der Waals surface area contributed by atoms with Gasteiger partial charge in [-0.25, -0.2) is 8.42 Å². The van der Waals surface area contributed by atoms with Gasteiger partial charge in [0.15, 0.2) is 0 Å². The van der Waals surface area contributed by atoms with Crippen molar-refractivity contribution in [2.45, 2.75) is 18.7 Å². The monoisotopic (exact) mass is 425 g/mol. The number of nitrogens with zero attached hydrogens (tertiary/aromatic N) is 1. The SMILES string of the molecule is Cc1ccc(S(=O)(=O)Nc2ccc(NC(=O)c3ccc(C)c([N+](=O)[O-])c3)cc2)cc1. The molecule has 0 saturated carbocycles. The Balaban J connectivity index is 1.71. The summed E-state index contributed by atoms with van der Waals surface area (Å²) < 4.78 is 27.4. The second kappa shape index (κ2) is 8.34. The lowest BCUT2D eigenvalue weighted by atomic mass is 10.1. The molecule has 0 saturated heterocycles. The number of rotatable bonds is 6. The third kappa shape index (κ3) is 4.81. The molecule has 0 atom stereocenters. The molecule has 0 radical (unpaired) electrons. The molecule has 0 spiro atoms. The lowest BCUT2D eigenvalue weighted by Crippen LogP contribution is -2.14. The molecule has 0 aliphatic carbocycles. The van der Waals surface area contributed by atoms with Crippen molar-refractivity contribution in [1.82, 2.24) is 0 Å². The van der Waals surface area contributed by atoms with Crippen molar-refractivity contribution in [3.8, 4) is 0 Å². The van der Waals surface area contributed by atoms with Gasteiger partial charge < -0.3 is 5.32 Å². The summed E-state index contributed by atoms with van der Waals surface area (Å²) in [5.74, 6) is -0.508. The average Bonchev–Trinajstić information content (AvgIpc) is 2.69. The van der Waals surface area contributed by atoms with Crippen LogP contribution in [0.3, 0.4) is 0 Å². The first-order valence-electron chi connectivity index (χ1n) is 8.92. The molecule has 9 heteroatoms. The number of hydrogen-bond acceptors (Lipinski definition) is 5. The molecule has 0 aromatic heterocycles. The van der Waals surface area contributed by atoms with Crippen molar-refractivity contribution in [3.63, 3.8) is 0 Å². The number of anilines is 2. The minimum absolute atomic E-state index is 0.136. The number of aryl methyl sites for hydroxylation is 2. The van der Waals surface area contributed by atoms with E-state index in [1.54, 1.807) is 19.1 Å². The first kappa shape index (κ1) is 21.0. The summed E-state index contributed by atoms with van der Waals surface area (Å²) >= 11 is 0. The van der Waals surface area contributed by atoms with Gasteiger partial charge >= 0.3 is 0 Å². The summed E-state index contributed by atoms with van der Waals surface area (Å²) in [6.07, 6.45) is 0. The minimum atomic E-state index is -3.73. The van der Waals surface area contributed by atoms with Crippen LogP contribution in [0, 0.1) is 24.0 Å². The van der Waals surface area contributed by atoms with Gasteiger partial charge in [0.05, 0.1) is 9.82 Å². The molecule has 3 aromatic rings. The number of carbonyl (C=O) groups excluding carboxylic acids is 1. The molecule has 1 amide bonds. The van der Waals surface area contributed by atoms with Gasteiger partial charge in [0, 0.05) is 28.6 Å². The van der Waals surface area contributed by atoms with Crippen molar-refractivity contribution < 1.29 is 18.1 Å². The molecule has 0 unspecified atom stereocenters. The summed E-state index contributed by atoms with van der Waals surface area (Å²) in [5, 5.41) is 13.7. The smallest absolute Gasteiger partial charge is 0.273 e. The summed E-state index contributed by atoms with van der Waals surface area (Å²) in [6.45, 7) is 3.46. The second-order valence-electron chi connectivity index (χ2n) is 6.71. The first-order valence-corrected chi connectivity index (χ1v) is 10.4. The minimum Gasteiger partial charge on any atom is -0.322 e. The van der Waals surface area contributed by atoms with Crippen molar-refractivity contribution in [3.05, 3.63) is 93.5 Å². The van der Waals surface area contributed by atoms with E-state index < -0.39 is 20.9 Å². The van der Waals surface area contributed by atoms with Crippen LogP contribution in [0.15, 0.2) is 71.6 Å². The standard InChI is InChI=1S/C21H19N3O5S/c1-14-3-11-19(12-4-14)30(28,29)23-18-9-7-17(8-10-18)22-21(25)16-6-5-15(2)20(13-16)24(26)27/h3-13,23H,1-2H3,(H,22,25). The lowest BCUT2D eigenvalue weighted by Gasteiger charge is -2.10. The summed E-state index contributed by atoms with van der Waals surface area (Å²) in [5.41, 5.74) is 2.18. The third-order valence-corrected chi connectivity index (χ3v) is 5.79. The van der Waals surface area contributed by atoms with E-state index in [1.165, 1.54) is 54.6 Å². The highest BCUT2D eigenvalue weighted by atomic mass is 32.2. The number of sulfonamides is 1.